The molecule has 0 aromatic heterocycles. The average Bonchev–Trinajstić information content (AvgIpc) is 3.54. The maximum atomic E-state index is 13.8. The van der Waals surface area contributed by atoms with Crippen molar-refractivity contribution in [2.24, 2.45) is 5.92 Å². The van der Waals surface area contributed by atoms with Crippen LogP contribution in [0.2, 0.25) is 0 Å². The fourth-order valence-electron chi connectivity index (χ4n) is 5.75. The highest BCUT2D eigenvalue weighted by atomic mass is 16.5. The fourth-order valence-corrected chi connectivity index (χ4v) is 5.75. The van der Waals surface area contributed by atoms with Gasteiger partial charge in [-0.2, -0.15) is 0 Å². The van der Waals surface area contributed by atoms with Crippen molar-refractivity contribution < 1.29 is 24.2 Å². The normalized spacial score (nSPS) is 19.5. The minimum absolute atomic E-state index is 0.0605. The number of carboxylic acid groups (broad SMARTS) is 1. The number of ether oxygens (including phenoxy) is 2. The molecule has 2 N–H and O–H groups in total. The van der Waals surface area contributed by atoms with Crippen LogP contribution in [0.3, 0.4) is 0 Å². The Bertz CT molecular complexity index is 1180. The Morgan fingerprint density at radius 3 is 2.41 bits per heavy atom. The van der Waals surface area contributed by atoms with Crippen molar-refractivity contribution in [1.82, 2.24) is 4.90 Å². The lowest BCUT2D eigenvalue weighted by molar-refractivity contribution is -0.139. The van der Waals surface area contributed by atoms with E-state index in [9.17, 15) is 14.7 Å². The number of carbonyl (C=O) groups is 2. The van der Waals surface area contributed by atoms with Crippen molar-refractivity contribution in [1.29, 1.82) is 5.41 Å². The predicted molar refractivity (Wildman–Crippen MR) is 153 cm³/mol. The van der Waals surface area contributed by atoms with Gasteiger partial charge in [0.1, 0.15) is 11.6 Å². The first-order valence-electron chi connectivity index (χ1n) is 13.8. The molecular weight excluding hydrogens is 494 g/mol. The fraction of sp³-hybridized carbons (Fsp3) is 0.516. The topological polar surface area (TPSA) is 103 Å². The van der Waals surface area contributed by atoms with Crippen LogP contribution in [0.25, 0.3) is 0 Å². The summed E-state index contributed by atoms with van der Waals surface area (Å²) in [5.41, 5.74) is 2.87. The molecule has 0 radical (unpaired) electrons. The number of nitrogens with one attached hydrogen (secondary N) is 1. The highest BCUT2D eigenvalue weighted by Crippen LogP contribution is 2.42. The molecule has 0 saturated carbocycles. The van der Waals surface area contributed by atoms with E-state index < -0.39 is 12.6 Å². The van der Waals surface area contributed by atoms with E-state index in [0.29, 0.717) is 30.3 Å². The van der Waals surface area contributed by atoms with Crippen molar-refractivity contribution in [3.63, 3.8) is 0 Å². The molecule has 0 aliphatic carbocycles. The van der Waals surface area contributed by atoms with Crippen LogP contribution in [0.15, 0.2) is 42.5 Å². The summed E-state index contributed by atoms with van der Waals surface area (Å²) >= 11 is 0. The van der Waals surface area contributed by atoms with E-state index in [4.69, 9.17) is 14.9 Å². The van der Waals surface area contributed by atoms with Gasteiger partial charge in [-0.25, -0.2) is 4.79 Å². The second-order valence-corrected chi connectivity index (χ2v) is 11.6. The summed E-state index contributed by atoms with van der Waals surface area (Å²) < 4.78 is 11.2. The zero-order valence-electron chi connectivity index (χ0n) is 23.5. The van der Waals surface area contributed by atoms with Gasteiger partial charge in [-0.05, 0) is 48.3 Å². The number of anilines is 1. The summed E-state index contributed by atoms with van der Waals surface area (Å²) in [5.74, 6) is 0.0190. The number of methoxy groups -OCH3 is 1. The maximum absolute atomic E-state index is 13.8. The Hall–Kier alpha value is -3.39. The van der Waals surface area contributed by atoms with E-state index in [2.05, 4.69) is 17.0 Å². The molecule has 210 valence electrons. The number of hydrogen-bond donors (Lipinski definition) is 2. The molecule has 0 bridgehead atoms. The predicted octanol–water partition coefficient (Wildman–Crippen LogP) is 4.96. The minimum atomic E-state index is -1.04. The Morgan fingerprint density at radius 2 is 1.79 bits per heavy atom. The number of rotatable bonds is 11. The lowest BCUT2D eigenvalue weighted by Gasteiger charge is -2.29. The zero-order chi connectivity index (χ0) is 28.2. The Balaban J connectivity index is 1.65. The number of Topliss-reactive ketones (excluding diaryl/α,β-unsaturated/α-hetero) is 1. The third-order valence-corrected chi connectivity index (χ3v) is 7.73. The van der Waals surface area contributed by atoms with Crippen LogP contribution in [0.1, 0.15) is 67.4 Å². The first kappa shape index (κ1) is 28.6. The van der Waals surface area contributed by atoms with Crippen molar-refractivity contribution in [2.75, 3.05) is 51.4 Å². The molecule has 2 heterocycles. The Labute approximate surface area is 231 Å². The molecule has 8 heteroatoms. The van der Waals surface area contributed by atoms with Gasteiger partial charge < -0.3 is 24.4 Å². The molecule has 2 saturated heterocycles. The second-order valence-electron chi connectivity index (χ2n) is 11.6. The summed E-state index contributed by atoms with van der Waals surface area (Å²) in [6.45, 7) is 8.70. The van der Waals surface area contributed by atoms with Crippen LogP contribution in [-0.4, -0.2) is 74.1 Å². The minimum Gasteiger partial charge on any atom is -0.479 e. The summed E-state index contributed by atoms with van der Waals surface area (Å²) in [6.07, 6.45) is 2.89. The van der Waals surface area contributed by atoms with Crippen LogP contribution in [0, 0.1) is 11.3 Å². The molecule has 0 spiro atoms. The van der Waals surface area contributed by atoms with Gasteiger partial charge in [-0.15, -0.1) is 0 Å². The molecule has 8 nitrogen and oxygen atoms in total. The van der Waals surface area contributed by atoms with Crippen molar-refractivity contribution in [3.05, 3.63) is 59.2 Å². The molecule has 39 heavy (non-hydrogen) atoms. The van der Waals surface area contributed by atoms with Gasteiger partial charge in [0.2, 0.25) is 0 Å². The van der Waals surface area contributed by atoms with Crippen molar-refractivity contribution in [3.8, 4) is 5.75 Å². The summed E-state index contributed by atoms with van der Waals surface area (Å²) in [7, 11) is 1.69. The quantitative estimate of drug-likeness (QED) is 0.392. The van der Waals surface area contributed by atoms with Gasteiger partial charge in [0.15, 0.2) is 12.4 Å². The average molecular weight is 536 g/mol. The van der Waals surface area contributed by atoms with Crippen LogP contribution in [0.5, 0.6) is 5.75 Å². The first-order valence-corrected chi connectivity index (χ1v) is 13.8. The van der Waals surface area contributed by atoms with Crippen molar-refractivity contribution >= 4 is 23.3 Å². The van der Waals surface area contributed by atoms with E-state index in [1.54, 1.807) is 7.11 Å². The number of amidine groups is 1. The molecule has 0 unspecified atom stereocenters. The van der Waals surface area contributed by atoms with Gasteiger partial charge in [-0.3, -0.25) is 10.2 Å². The molecule has 2 aromatic carbocycles. The van der Waals surface area contributed by atoms with E-state index in [-0.39, 0.29) is 29.6 Å². The third-order valence-electron chi connectivity index (χ3n) is 7.73. The number of carbonyl (C=O) groups excluding carboxylic acids is 1. The highest BCUT2D eigenvalue weighted by Gasteiger charge is 2.39. The zero-order valence-corrected chi connectivity index (χ0v) is 23.5. The number of nitrogens with zero attached hydrogens (tertiary/aromatic N) is 2. The molecule has 2 aromatic rings. The summed E-state index contributed by atoms with van der Waals surface area (Å²) in [6, 6.07) is 13.8. The van der Waals surface area contributed by atoms with Crippen LogP contribution >= 0.6 is 0 Å². The maximum Gasteiger partial charge on any atom is 0.341 e. The van der Waals surface area contributed by atoms with E-state index in [1.165, 1.54) is 0 Å². The monoisotopic (exact) mass is 535 g/mol. The summed E-state index contributed by atoms with van der Waals surface area (Å²) in [4.78, 5) is 29.3. The van der Waals surface area contributed by atoms with E-state index in [1.807, 2.05) is 56.0 Å². The smallest absolute Gasteiger partial charge is 0.341 e. The second kappa shape index (κ2) is 12.2. The number of aliphatic carboxylic acids is 1. The van der Waals surface area contributed by atoms with Gasteiger partial charge in [0.25, 0.3) is 0 Å². The number of carboxylic acids is 1. The SMILES string of the molecule is COCC[C@H]1CN(CC(=O)c2cc(N3CCCC3)c(OCC(=O)O)c(C(C)(C)C)c2)C(=N)[C@@H]1c1ccccc1. The number of ketones is 1. The largest absolute Gasteiger partial charge is 0.479 e. The van der Waals surface area contributed by atoms with Gasteiger partial charge in [0.05, 0.1) is 12.2 Å². The van der Waals surface area contributed by atoms with E-state index >= 15 is 0 Å². The molecule has 2 fully saturated rings. The van der Waals surface area contributed by atoms with Gasteiger partial charge >= 0.3 is 5.97 Å². The Kier molecular flexibility index (Phi) is 8.95. The molecule has 2 atom stereocenters. The lowest BCUT2D eigenvalue weighted by Crippen LogP contribution is -2.32. The molecule has 4 rings (SSSR count). The summed E-state index contributed by atoms with van der Waals surface area (Å²) in [5, 5.41) is 18.3. The van der Waals surface area contributed by atoms with Crippen molar-refractivity contribution in [2.45, 2.75) is 51.4 Å². The third kappa shape index (κ3) is 6.61. The van der Waals surface area contributed by atoms with Crippen LogP contribution in [-0.2, 0) is 14.9 Å². The number of hydrogen-bond acceptors (Lipinski definition) is 6. The molecule has 2 aliphatic heterocycles. The lowest BCUT2D eigenvalue weighted by atomic mass is 9.84. The Morgan fingerprint density at radius 1 is 1.10 bits per heavy atom. The van der Waals surface area contributed by atoms with Gasteiger partial charge in [-0.1, -0.05) is 51.1 Å². The molecule has 2 aliphatic rings. The van der Waals surface area contributed by atoms with E-state index in [0.717, 1.165) is 49.2 Å². The van der Waals surface area contributed by atoms with Crippen LogP contribution < -0.4 is 9.64 Å². The highest BCUT2D eigenvalue weighted by molar-refractivity contribution is 6.02. The standard InChI is InChI=1S/C31H41N3O5/c1-31(2,3)24-16-23(17-25(33-13-8-9-14-33)29(24)39-20-27(36)37)26(35)19-34-18-22(12-15-38-4)28(30(34)32)21-10-6-5-7-11-21/h5-7,10-11,16-17,22,28,32H,8-9,12-15,18-20H2,1-4H3,(H,36,37)/t22-,28+/m0/s1. The van der Waals surface area contributed by atoms with Gasteiger partial charge in [0, 0.05) is 50.4 Å². The number of likely N-dealkylation sites (tertiary alicyclic amines) is 1. The first-order chi connectivity index (χ1) is 18.6. The number of benzene rings is 2. The molecular formula is C31H41N3O5. The van der Waals surface area contributed by atoms with Crippen LogP contribution in [0.4, 0.5) is 5.69 Å². The molecule has 0 amide bonds.